The third-order valence-electron chi connectivity index (χ3n) is 6.33. The number of urea groups is 1. The summed E-state index contributed by atoms with van der Waals surface area (Å²) in [5.41, 5.74) is 0.440. The van der Waals surface area contributed by atoms with Crippen molar-refractivity contribution in [3.63, 3.8) is 0 Å². The Kier molecular flexibility index (Phi) is 4.91. The second-order valence-corrected chi connectivity index (χ2v) is 10.0. The molecule has 10 nitrogen and oxygen atoms in total. The van der Waals surface area contributed by atoms with Gasteiger partial charge in [-0.15, -0.1) is 0 Å². The van der Waals surface area contributed by atoms with Crippen molar-refractivity contribution >= 4 is 32.9 Å². The summed E-state index contributed by atoms with van der Waals surface area (Å²) in [7, 11) is -2.45. The first-order valence-electron chi connectivity index (χ1n) is 10.4. The number of carbonyl (C=O) groups is 2. The summed E-state index contributed by atoms with van der Waals surface area (Å²) >= 11 is 0. The molecule has 1 saturated heterocycles. The molecule has 11 heteroatoms. The van der Waals surface area contributed by atoms with E-state index in [0.717, 1.165) is 5.39 Å². The zero-order valence-electron chi connectivity index (χ0n) is 17.8. The number of imide groups is 1. The lowest BCUT2D eigenvalue weighted by molar-refractivity contribution is -0.123. The van der Waals surface area contributed by atoms with Crippen molar-refractivity contribution in [1.29, 1.82) is 0 Å². The first kappa shape index (κ1) is 21.4. The minimum atomic E-state index is -4.01. The number of nitrogens with two attached hydrogens (primary N) is 1. The highest BCUT2D eigenvalue weighted by molar-refractivity contribution is 7.89. The van der Waals surface area contributed by atoms with Crippen LogP contribution in [0.2, 0.25) is 0 Å². The van der Waals surface area contributed by atoms with E-state index in [0.29, 0.717) is 54.2 Å². The van der Waals surface area contributed by atoms with E-state index in [-0.39, 0.29) is 16.7 Å². The van der Waals surface area contributed by atoms with Gasteiger partial charge in [0.05, 0.1) is 12.8 Å². The second-order valence-electron chi connectivity index (χ2n) is 8.50. The number of rotatable bonds is 5. The number of amides is 3. The average molecular weight is 471 g/mol. The molecule has 2 unspecified atom stereocenters. The van der Waals surface area contributed by atoms with Gasteiger partial charge in [-0.25, -0.2) is 23.3 Å². The number of aromatic nitrogens is 1. The van der Waals surface area contributed by atoms with Crippen molar-refractivity contribution in [3.05, 3.63) is 42.1 Å². The van der Waals surface area contributed by atoms with Gasteiger partial charge in [0.15, 0.2) is 5.76 Å². The highest BCUT2D eigenvalue weighted by Crippen LogP contribution is 2.39. The van der Waals surface area contributed by atoms with E-state index in [1.807, 2.05) is 18.2 Å². The molecule has 1 aliphatic heterocycles. The van der Waals surface area contributed by atoms with Gasteiger partial charge in [0.1, 0.15) is 27.5 Å². The first-order chi connectivity index (χ1) is 15.7. The molecule has 0 radical (unpaired) electrons. The Morgan fingerprint density at radius 1 is 1.24 bits per heavy atom. The number of pyridine rings is 1. The number of furan rings is 1. The lowest BCUT2D eigenvalue weighted by Gasteiger charge is -2.20. The number of carbonyl (C=O) groups excluding carboxylic acids is 2. The molecule has 5 rings (SSSR count). The molecule has 0 bridgehead atoms. The van der Waals surface area contributed by atoms with Gasteiger partial charge in [-0.05, 0) is 61.9 Å². The highest BCUT2D eigenvalue weighted by Gasteiger charge is 2.51. The van der Waals surface area contributed by atoms with Crippen molar-refractivity contribution in [2.45, 2.75) is 36.1 Å². The van der Waals surface area contributed by atoms with E-state index in [2.05, 4.69) is 15.6 Å². The minimum Gasteiger partial charge on any atom is -0.497 e. The molecule has 4 N–H and O–H groups in total. The van der Waals surface area contributed by atoms with Crippen molar-refractivity contribution in [1.82, 2.24) is 15.6 Å². The number of methoxy groups -OCH3 is 1. The largest absolute Gasteiger partial charge is 0.497 e. The first-order valence-corrected chi connectivity index (χ1v) is 12.0. The van der Waals surface area contributed by atoms with Crippen LogP contribution >= 0.6 is 0 Å². The maximum Gasteiger partial charge on any atom is 0.322 e. The fourth-order valence-electron chi connectivity index (χ4n) is 4.74. The molecule has 33 heavy (non-hydrogen) atoms. The standard InChI is InChI=1S/C22H22N4O6S/c1-31-14-3-2-13-9-18(32-17(13)10-14)15-4-5-19(33(23,29)30)16(24-15)8-12-6-7-22(11-12)20(27)25-21(28)26-22/h2-5,9-10,12H,6-8,11H2,1H3,(H2,23,29,30)(H2,25,26,27,28). The van der Waals surface area contributed by atoms with Crippen molar-refractivity contribution in [2.24, 2.45) is 11.1 Å². The lowest BCUT2D eigenvalue weighted by atomic mass is 9.94. The normalized spacial score (nSPS) is 22.7. The van der Waals surface area contributed by atoms with Crippen LogP contribution in [0.1, 0.15) is 25.0 Å². The summed E-state index contributed by atoms with van der Waals surface area (Å²) in [6, 6.07) is 9.73. The van der Waals surface area contributed by atoms with Crippen molar-refractivity contribution in [2.75, 3.05) is 7.11 Å². The predicted octanol–water partition coefficient (Wildman–Crippen LogP) is 2.07. The number of hydrogen-bond acceptors (Lipinski definition) is 7. The maximum absolute atomic E-state index is 12.3. The molecule has 3 amide bonds. The maximum atomic E-state index is 12.3. The lowest BCUT2D eigenvalue weighted by Crippen LogP contribution is -2.44. The van der Waals surface area contributed by atoms with Gasteiger partial charge in [-0.3, -0.25) is 10.1 Å². The van der Waals surface area contributed by atoms with Crippen molar-refractivity contribution in [3.8, 4) is 17.2 Å². The minimum absolute atomic E-state index is 0.0580. The number of nitrogens with one attached hydrogen (secondary N) is 2. The molecular weight excluding hydrogens is 448 g/mol. The zero-order valence-corrected chi connectivity index (χ0v) is 18.6. The molecule has 3 aromatic rings. The fraction of sp³-hybridized carbons (Fsp3) is 0.318. The molecule has 1 aromatic carbocycles. The zero-order chi connectivity index (χ0) is 23.4. The quantitative estimate of drug-likeness (QED) is 0.482. The van der Waals surface area contributed by atoms with Crippen LogP contribution in [0.5, 0.6) is 5.75 Å². The molecule has 2 aromatic heterocycles. The molecular formula is C22H22N4O6S. The highest BCUT2D eigenvalue weighted by atomic mass is 32.2. The Morgan fingerprint density at radius 2 is 2.06 bits per heavy atom. The van der Waals surface area contributed by atoms with E-state index >= 15 is 0 Å². The van der Waals surface area contributed by atoms with Crippen molar-refractivity contribution < 1.29 is 27.2 Å². The molecule has 1 aliphatic carbocycles. The Hall–Kier alpha value is -3.44. The topological polar surface area (TPSA) is 154 Å². The van der Waals surface area contributed by atoms with E-state index in [4.69, 9.17) is 14.3 Å². The monoisotopic (exact) mass is 470 g/mol. The third kappa shape index (κ3) is 3.83. The smallest absolute Gasteiger partial charge is 0.322 e. The molecule has 1 spiro atoms. The van der Waals surface area contributed by atoms with E-state index < -0.39 is 21.6 Å². The van der Waals surface area contributed by atoms with Crippen LogP contribution < -0.4 is 20.5 Å². The van der Waals surface area contributed by atoms with Crippen LogP contribution in [0.3, 0.4) is 0 Å². The van der Waals surface area contributed by atoms with Gasteiger partial charge in [0, 0.05) is 11.5 Å². The second kappa shape index (κ2) is 7.56. The van der Waals surface area contributed by atoms with Gasteiger partial charge in [-0.1, -0.05) is 0 Å². The Bertz CT molecular complexity index is 1400. The Morgan fingerprint density at radius 3 is 2.76 bits per heavy atom. The Balaban J connectivity index is 1.48. The van der Waals surface area contributed by atoms with E-state index in [1.54, 1.807) is 19.2 Å². The fourth-order valence-corrected chi connectivity index (χ4v) is 5.45. The van der Waals surface area contributed by atoms with Gasteiger partial charge < -0.3 is 14.5 Å². The SMILES string of the molecule is COc1ccc2cc(-c3ccc(S(N)(=O)=O)c(CC4CCC5(C4)NC(=O)NC5=O)n3)oc2c1. The summed E-state index contributed by atoms with van der Waals surface area (Å²) < 4.78 is 35.6. The van der Waals surface area contributed by atoms with E-state index in [9.17, 15) is 18.0 Å². The van der Waals surface area contributed by atoms with Crippen LogP contribution in [0.15, 0.2) is 45.7 Å². The number of primary sulfonamides is 1. The molecule has 3 heterocycles. The number of nitrogens with zero attached hydrogens (tertiary/aromatic N) is 1. The molecule has 172 valence electrons. The van der Waals surface area contributed by atoms with Gasteiger partial charge in [0.25, 0.3) is 5.91 Å². The van der Waals surface area contributed by atoms with Crippen LogP contribution in [-0.2, 0) is 21.2 Å². The molecule has 2 fully saturated rings. The predicted molar refractivity (Wildman–Crippen MR) is 118 cm³/mol. The summed E-state index contributed by atoms with van der Waals surface area (Å²) in [5.74, 6) is 0.726. The van der Waals surface area contributed by atoms with Crippen LogP contribution in [-0.4, -0.2) is 38.0 Å². The van der Waals surface area contributed by atoms with Gasteiger partial charge >= 0.3 is 6.03 Å². The third-order valence-corrected chi connectivity index (χ3v) is 7.32. The number of ether oxygens (including phenoxy) is 1. The van der Waals surface area contributed by atoms with Gasteiger partial charge in [0.2, 0.25) is 10.0 Å². The average Bonchev–Trinajstić information content (AvgIpc) is 3.44. The summed E-state index contributed by atoms with van der Waals surface area (Å²) in [6.45, 7) is 0. The summed E-state index contributed by atoms with van der Waals surface area (Å²) in [6.07, 6.45) is 1.79. The van der Waals surface area contributed by atoms with Crippen LogP contribution in [0, 0.1) is 5.92 Å². The number of fused-ring (bicyclic) bond motifs is 1. The van der Waals surface area contributed by atoms with E-state index in [1.165, 1.54) is 6.07 Å². The molecule has 2 aliphatic rings. The number of sulfonamides is 1. The number of benzene rings is 1. The van der Waals surface area contributed by atoms with Crippen LogP contribution in [0.4, 0.5) is 4.79 Å². The molecule has 1 saturated carbocycles. The van der Waals surface area contributed by atoms with Gasteiger partial charge in [-0.2, -0.15) is 0 Å². The Labute approximate surface area is 189 Å². The number of hydrogen-bond donors (Lipinski definition) is 3. The molecule has 2 atom stereocenters. The summed E-state index contributed by atoms with van der Waals surface area (Å²) in [5, 5.41) is 11.3. The summed E-state index contributed by atoms with van der Waals surface area (Å²) in [4.78, 5) is 28.4. The van der Waals surface area contributed by atoms with Crippen LogP contribution in [0.25, 0.3) is 22.4 Å².